The van der Waals surface area contributed by atoms with Gasteiger partial charge in [0.1, 0.15) is 4.88 Å². The van der Waals surface area contributed by atoms with E-state index < -0.39 is 5.97 Å². The lowest BCUT2D eigenvalue weighted by molar-refractivity contribution is -0.137. The number of carboxylic acids is 1. The standard InChI is InChI=1S/C11H14ClNO3S/c1-7-6-17-10(9(7)12)11(16)13(2)5-3-4-8(14)15/h6H,3-5H2,1-2H3,(H,14,15). The van der Waals surface area contributed by atoms with Gasteiger partial charge in [0.25, 0.3) is 5.91 Å². The van der Waals surface area contributed by atoms with E-state index in [2.05, 4.69) is 0 Å². The molecule has 1 N–H and O–H groups in total. The number of hydrogen-bond acceptors (Lipinski definition) is 3. The minimum atomic E-state index is -0.851. The zero-order chi connectivity index (χ0) is 13.0. The van der Waals surface area contributed by atoms with Crippen molar-refractivity contribution in [1.29, 1.82) is 0 Å². The van der Waals surface area contributed by atoms with Crippen molar-refractivity contribution in [2.24, 2.45) is 0 Å². The fraction of sp³-hybridized carbons (Fsp3) is 0.455. The van der Waals surface area contributed by atoms with Crippen molar-refractivity contribution in [2.75, 3.05) is 13.6 Å². The van der Waals surface area contributed by atoms with E-state index in [4.69, 9.17) is 16.7 Å². The number of nitrogens with zero attached hydrogens (tertiary/aromatic N) is 1. The molecule has 94 valence electrons. The zero-order valence-electron chi connectivity index (χ0n) is 9.70. The van der Waals surface area contributed by atoms with Crippen LogP contribution in [0.25, 0.3) is 0 Å². The third-order valence-corrected chi connectivity index (χ3v) is 4.01. The van der Waals surface area contributed by atoms with E-state index in [1.54, 1.807) is 7.05 Å². The van der Waals surface area contributed by atoms with Crippen molar-refractivity contribution in [3.8, 4) is 0 Å². The normalized spacial score (nSPS) is 10.3. The van der Waals surface area contributed by atoms with Crippen molar-refractivity contribution >= 4 is 34.8 Å². The minimum absolute atomic E-state index is 0.0643. The van der Waals surface area contributed by atoms with E-state index in [9.17, 15) is 9.59 Å². The van der Waals surface area contributed by atoms with E-state index in [1.807, 2.05) is 12.3 Å². The molecule has 1 aromatic rings. The molecule has 0 saturated carbocycles. The first kappa shape index (κ1) is 14.0. The van der Waals surface area contributed by atoms with Crippen LogP contribution >= 0.6 is 22.9 Å². The number of rotatable bonds is 5. The molecule has 0 unspecified atom stereocenters. The van der Waals surface area contributed by atoms with Gasteiger partial charge in [0, 0.05) is 20.0 Å². The summed E-state index contributed by atoms with van der Waals surface area (Å²) in [5.41, 5.74) is 0.888. The van der Waals surface area contributed by atoms with Crippen LogP contribution in [0.3, 0.4) is 0 Å². The molecule has 1 amide bonds. The molecule has 6 heteroatoms. The molecule has 0 aromatic carbocycles. The van der Waals surface area contributed by atoms with Gasteiger partial charge in [-0.1, -0.05) is 11.6 Å². The SMILES string of the molecule is Cc1csc(C(=O)N(C)CCCC(=O)O)c1Cl. The Labute approximate surface area is 109 Å². The third-order valence-electron chi connectivity index (χ3n) is 2.32. The smallest absolute Gasteiger partial charge is 0.303 e. The van der Waals surface area contributed by atoms with Gasteiger partial charge in [0.15, 0.2) is 0 Å². The van der Waals surface area contributed by atoms with E-state index in [-0.39, 0.29) is 12.3 Å². The lowest BCUT2D eigenvalue weighted by Gasteiger charge is -2.15. The molecule has 1 rings (SSSR count). The first-order valence-corrected chi connectivity index (χ1v) is 6.40. The molecule has 0 aliphatic carbocycles. The van der Waals surface area contributed by atoms with E-state index in [0.29, 0.717) is 22.9 Å². The molecule has 0 atom stereocenters. The summed E-state index contributed by atoms with van der Waals surface area (Å²) in [6, 6.07) is 0. The average Bonchev–Trinajstić information content (AvgIpc) is 2.58. The van der Waals surface area contributed by atoms with Gasteiger partial charge in [0.05, 0.1) is 5.02 Å². The molecule has 4 nitrogen and oxygen atoms in total. The Balaban J connectivity index is 2.58. The van der Waals surface area contributed by atoms with E-state index in [0.717, 1.165) is 5.56 Å². The maximum atomic E-state index is 12.0. The molecule has 0 aliphatic heterocycles. The van der Waals surface area contributed by atoms with Gasteiger partial charge < -0.3 is 10.0 Å². The largest absolute Gasteiger partial charge is 0.481 e. The molecule has 1 heterocycles. The molecule has 1 aromatic heterocycles. The van der Waals surface area contributed by atoms with Gasteiger partial charge in [-0.15, -0.1) is 11.3 Å². The number of thiophene rings is 1. The summed E-state index contributed by atoms with van der Waals surface area (Å²) < 4.78 is 0. The van der Waals surface area contributed by atoms with Crippen LogP contribution in [0.2, 0.25) is 5.02 Å². The second kappa shape index (κ2) is 6.02. The summed E-state index contributed by atoms with van der Waals surface area (Å²) in [5, 5.41) is 10.8. The van der Waals surface area contributed by atoms with Gasteiger partial charge in [-0.2, -0.15) is 0 Å². The maximum Gasteiger partial charge on any atom is 0.303 e. The van der Waals surface area contributed by atoms with E-state index >= 15 is 0 Å². The number of amides is 1. The highest BCUT2D eigenvalue weighted by atomic mass is 35.5. The van der Waals surface area contributed by atoms with Crippen LogP contribution in [0.5, 0.6) is 0 Å². The zero-order valence-corrected chi connectivity index (χ0v) is 11.3. The summed E-state index contributed by atoms with van der Waals surface area (Å²) in [4.78, 5) is 24.3. The van der Waals surface area contributed by atoms with Gasteiger partial charge in [-0.05, 0) is 24.3 Å². The lowest BCUT2D eigenvalue weighted by atomic mass is 10.3. The van der Waals surface area contributed by atoms with Crippen molar-refractivity contribution in [3.05, 3.63) is 20.8 Å². The summed E-state index contributed by atoms with van der Waals surface area (Å²) in [6.07, 6.45) is 0.508. The number of carboxylic acid groups (broad SMARTS) is 1. The van der Waals surface area contributed by atoms with Gasteiger partial charge in [-0.25, -0.2) is 0 Å². The summed E-state index contributed by atoms with van der Waals surface area (Å²) >= 11 is 7.31. The van der Waals surface area contributed by atoms with Crippen LogP contribution in [0, 0.1) is 6.92 Å². The molecule has 0 bridgehead atoms. The molecule has 0 spiro atoms. The number of aryl methyl sites for hydroxylation is 1. The lowest BCUT2D eigenvalue weighted by Crippen LogP contribution is -2.27. The highest BCUT2D eigenvalue weighted by Gasteiger charge is 2.18. The van der Waals surface area contributed by atoms with Gasteiger partial charge in [-0.3, -0.25) is 9.59 Å². The Morgan fingerprint density at radius 1 is 1.53 bits per heavy atom. The fourth-order valence-corrected chi connectivity index (χ4v) is 2.58. The van der Waals surface area contributed by atoms with Crippen molar-refractivity contribution in [1.82, 2.24) is 4.90 Å². The number of carbonyl (C=O) groups is 2. The first-order valence-electron chi connectivity index (χ1n) is 5.14. The molecule has 0 fully saturated rings. The second-order valence-electron chi connectivity index (χ2n) is 3.79. The Hall–Kier alpha value is -1.07. The number of carbonyl (C=O) groups excluding carboxylic acids is 1. The first-order chi connectivity index (χ1) is 7.93. The minimum Gasteiger partial charge on any atom is -0.481 e. The highest BCUT2D eigenvalue weighted by molar-refractivity contribution is 7.13. The molecule has 17 heavy (non-hydrogen) atoms. The third kappa shape index (κ3) is 3.71. The van der Waals surface area contributed by atoms with Crippen LogP contribution in [0.15, 0.2) is 5.38 Å². The van der Waals surface area contributed by atoms with Crippen molar-refractivity contribution in [2.45, 2.75) is 19.8 Å². The van der Waals surface area contributed by atoms with Crippen LogP contribution in [0.4, 0.5) is 0 Å². The Morgan fingerprint density at radius 2 is 2.18 bits per heavy atom. The number of aliphatic carboxylic acids is 1. The average molecular weight is 276 g/mol. The molecule has 0 aliphatic rings. The second-order valence-corrected chi connectivity index (χ2v) is 5.04. The Morgan fingerprint density at radius 3 is 2.65 bits per heavy atom. The fourth-order valence-electron chi connectivity index (χ4n) is 1.32. The number of hydrogen-bond donors (Lipinski definition) is 1. The predicted molar refractivity (Wildman–Crippen MR) is 67.9 cm³/mol. The highest BCUT2D eigenvalue weighted by Crippen LogP contribution is 2.28. The molecule has 0 radical (unpaired) electrons. The van der Waals surface area contributed by atoms with Gasteiger partial charge >= 0.3 is 5.97 Å². The van der Waals surface area contributed by atoms with Crippen LogP contribution in [-0.4, -0.2) is 35.5 Å². The van der Waals surface area contributed by atoms with E-state index in [1.165, 1.54) is 16.2 Å². The Kier molecular flexibility index (Phi) is 4.96. The van der Waals surface area contributed by atoms with Crippen molar-refractivity contribution < 1.29 is 14.7 Å². The molecular formula is C11H14ClNO3S. The topological polar surface area (TPSA) is 57.6 Å². The predicted octanol–water partition coefficient (Wildman–Crippen LogP) is 2.65. The summed E-state index contributed by atoms with van der Waals surface area (Å²) in [5.74, 6) is -1.01. The van der Waals surface area contributed by atoms with Gasteiger partial charge in [0.2, 0.25) is 0 Å². The number of halogens is 1. The molecular weight excluding hydrogens is 262 g/mol. The van der Waals surface area contributed by atoms with Crippen LogP contribution in [0.1, 0.15) is 28.1 Å². The summed E-state index contributed by atoms with van der Waals surface area (Å²) in [6.45, 7) is 2.26. The Bertz CT molecular complexity index is 430. The maximum absolute atomic E-state index is 12.0. The molecule has 0 saturated heterocycles. The monoisotopic (exact) mass is 275 g/mol. The summed E-state index contributed by atoms with van der Waals surface area (Å²) in [7, 11) is 1.65. The van der Waals surface area contributed by atoms with Crippen molar-refractivity contribution in [3.63, 3.8) is 0 Å². The van der Waals surface area contributed by atoms with Crippen LogP contribution in [-0.2, 0) is 4.79 Å². The van der Waals surface area contributed by atoms with Crippen LogP contribution < -0.4 is 0 Å². The quantitative estimate of drug-likeness (QED) is 0.899.